The predicted molar refractivity (Wildman–Crippen MR) is 145 cm³/mol. The van der Waals surface area contributed by atoms with Crippen molar-refractivity contribution in [2.45, 2.75) is 17.9 Å². The zero-order valence-corrected chi connectivity index (χ0v) is 21.4. The standard InChI is InChI=1S/C28H24ClN3O4S/c1-19(20-10-4-2-5-11-20)30-28(34)23-14-8-9-15-25(23)31-27(33)21-16-17-24(29)26(18-21)37(35,36)32-22-12-6-3-7-13-22/h2-19,32H,1H3,(H,30,34)(H,31,33)/t19-/m1/s1. The molecule has 0 unspecified atom stereocenters. The molecule has 1 atom stereocenters. The third-order valence-electron chi connectivity index (χ3n) is 5.58. The second kappa shape index (κ2) is 11.3. The molecule has 0 aliphatic heterocycles. The molecular formula is C28H24ClN3O4S. The molecule has 0 bridgehead atoms. The van der Waals surface area contributed by atoms with Gasteiger partial charge in [-0.15, -0.1) is 0 Å². The summed E-state index contributed by atoms with van der Waals surface area (Å²) in [6.45, 7) is 1.87. The van der Waals surface area contributed by atoms with Crippen LogP contribution in [0, 0.1) is 0 Å². The molecule has 0 aliphatic carbocycles. The van der Waals surface area contributed by atoms with Gasteiger partial charge < -0.3 is 10.6 Å². The molecule has 9 heteroatoms. The van der Waals surface area contributed by atoms with E-state index >= 15 is 0 Å². The molecule has 2 amide bonds. The van der Waals surface area contributed by atoms with Gasteiger partial charge in [-0.25, -0.2) is 8.42 Å². The smallest absolute Gasteiger partial charge is 0.263 e. The maximum atomic E-state index is 13.1. The van der Waals surface area contributed by atoms with E-state index in [4.69, 9.17) is 11.6 Å². The van der Waals surface area contributed by atoms with E-state index in [-0.39, 0.29) is 38.7 Å². The first kappa shape index (κ1) is 25.9. The van der Waals surface area contributed by atoms with Gasteiger partial charge in [-0.3, -0.25) is 14.3 Å². The van der Waals surface area contributed by atoms with E-state index in [1.807, 2.05) is 37.3 Å². The topological polar surface area (TPSA) is 104 Å². The van der Waals surface area contributed by atoms with Crippen LogP contribution < -0.4 is 15.4 Å². The van der Waals surface area contributed by atoms with Crippen molar-refractivity contribution in [3.05, 3.63) is 125 Å². The molecular weight excluding hydrogens is 510 g/mol. The lowest BCUT2D eigenvalue weighted by Crippen LogP contribution is -2.28. The number of anilines is 2. The first-order valence-electron chi connectivity index (χ1n) is 11.4. The fourth-order valence-electron chi connectivity index (χ4n) is 3.65. The Balaban J connectivity index is 1.54. The number of para-hydroxylation sites is 2. The third-order valence-corrected chi connectivity index (χ3v) is 7.44. The normalized spacial score (nSPS) is 11.8. The van der Waals surface area contributed by atoms with Gasteiger partial charge in [-0.05, 0) is 55.0 Å². The van der Waals surface area contributed by atoms with Crippen molar-refractivity contribution in [2.24, 2.45) is 0 Å². The Morgan fingerprint density at radius 1 is 0.784 bits per heavy atom. The Bertz CT molecular complexity index is 1530. The second-order valence-electron chi connectivity index (χ2n) is 8.22. The molecule has 0 radical (unpaired) electrons. The van der Waals surface area contributed by atoms with Crippen LogP contribution in [0.1, 0.15) is 39.2 Å². The van der Waals surface area contributed by atoms with Gasteiger partial charge in [0.1, 0.15) is 4.90 Å². The zero-order chi connectivity index (χ0) is 26.4. The molecule has 0 fully saturated rings. The van der Waals surface area contributed by atoms with Gasteiger partial charge in [0, 0.05) is 11.3 Å². The fourth-order valence-corrected chi connectivity index (χ4v) is 5.24. The minimum atomic E-state index is -4.06. The van der Waals surface area contributed by atoms with E-state index in [2.05, 4.69) is 15.4 Å². The molecule has 0 saturated heterocycles. The van der Waals surface area contributed by atoms with Crippen LogP contribution in [0.2, 0.25) is 5.02 Å². The number of nitrogens with one attached hydrogen (secondary N) is 3. The van der Waals surface area contributed by atoms with E-state index in [0.717, 1.165) is 5.56 Å². The van der Waals surface area contributed by atoms with Gasteiger partial charge >= 0.3 is 0 Å². The van der Waals surface area contributed by atoms with Crippen molar-refractivity contribution < 1.29 is 18.0 Å². The van der Waals surface area contributed by atoms with Crippen molar-refractivity contribution in [3.63, 3.8) is 0 Å². The molecule has 7 nitrogen and oxygen atoms in total. The Morgan fingerprint density at radius 3 is 2.11 bits per heavy atom. The Morgan fingerprint density at radius 2 is 1.41 bits per heavy atom. The molecule has 0 aromatic heterocycles. The number of carbonyl (C=O) groups is 2. The quantitative estimate of drug-likeness (QED) is 0.263. The SMILES string of the molecule is C[C@@H](NC(=O)c1ccccc1NC(=O)c1ccc(Cl)c(S(=O)(=O)Nc2ccccc2)c1)c1ccccc1. The van der Waals surface area contributed by atoms with Crippen molar-refractivity contribution in [3.8, 4) is 0 Å². The van der Waals surface area contributed by atoms with Crippen molar-refractivity contribution in [1.29, 1.82) is 0 Å². The highest BCUT2D eigenvalue weighted by Gasteiger charge is 2.22. The number of amides is 2. The minimum Gasteiger partial charge on any atom is -0.345 e. The van der Waals surface area contributed by atoms with Crippen molar-refractivity contribution >= 4 is 44.8 Å². The van der Waals surface area contributed by atoms with Gasteiger partial charge in [0.15, 0.2) is 0 Å². The van der Waals surface area contributed by atoms with Crippen molar-refractivity contribution in [2.75, 3.05) is 10.0 Å². The lowest BCUT2D eigenvalue weighted by molar-refractivity contribution is 0.0940. The lowest BCUT2D eigenvalue weighted by atomic mass is 10.1. The van der Waals surface area contributed by atoms with E-state index in [1.54, 1.807) is 54.6 Å². The van der Waals surface area contributed by atoms with Gasteiger partial charge in [0.05, 0.1) is 22.3 Å². The highest BCUT2D eigenvalue weighted by Crippen LogP contribution is 2.26. The molecule has 4 aromatic rings. The summed E-state index contributed by atoms with van der Waals surface area (Å²) in [4.78, 5) is 25.8. The average molecular weight is 534 g/mol. The average Bonchev–Trinajstić information content (AvgIpc) is 2.90. The van der Waals surface area contributed by atoms with Crippen LogP contribution in [0.25, 0.3) is 0 Å². The summed E-state index contributed by atoms with van der Waals surface area (Å²) < 4.78 is 28.3. The van der Waals surface area contributed by atoms with Crippen LogP contribution in [0.15, 0.2) is 108 Å². The van der Waals surface area contributed by atoms with Crippen LogP contribution in [0.5, 0.6) is 0 Å². The molecule has 3 N–H and O–H groups in total. The molecule has 4 aromatic carbocycles. The highest BCUT2D eigenvalue weighted by atomic mass is 35.5. The lowest BCUT2D eigenvalue weighted by Gasteiger charge is -2.16. The van der Waals surface area contributed by atoms with Crippen LogP contribution in [-0.4, -0.2) is 20.2 Å². The van der Waals surface area contributed by atoms with Crippen LogP contribution >= 0.6 is 11.6 Å². The van der Waals surface area contributed by atoms with Gasteiger partial charge in [0.2, 0.25) is 0 Å². The van der Waals surface area contributed by atoms with E-state index < -0.39 is 15.9 Å². The first-order chi connectivity index (χ1) is 17.7. The van der Waals surface area contributed by atoms with Crippen LogP contribution in [0.3, 0.4) is 0 Å². The first-order valence-corrected chi connectivity index (χ1v) is 13.2. The van der Waals surface area contributed by atoms with E-state index in [0.29, 0.717) is 5.69 Å². The molecule has 0 saturated carbocycles. The van der Waals surface area contributed by atoms with Crippen LogP contribution in [-0.2, 0) is 10.0 Å². The summed E-state index contributed by atoms with van der Waals surface area (Å²) in [5.74, 6) is -0.956. The number of sulfonamides is 1. The Kier molecular flexibility index (Phi) is 7.91. The van der Waals surface area contributed by atoms with Gasteiger partial charge in [-0.2, -0.15) is 0 Å². The molecule has 4 rings (SSSR count). The van der Waals surface area contributed by atoms with Crippen LogP contribution in [0.4, 0.5) is 11.4 Å². The zero-order valence-electron chi connectivity index (χ0n) is 19.8. The number of carbonyl (C=O) groups excluding carboxylic acids is 2. The number of hydrogen-bond acceptors (Lipinski definition) is 4. The number of hydrogen-bond donors (Lipinski definition) is 3. The Hall–Kier alpha value is -4.14. The summed E-state index contributed by atoms with van der Waals surface area (Å²) in [6.07, 6.45) is 0. The number of rotatable bonds is 8. The molecule has 188 valence electrons. The summed E-state index contributed by atoms with van der Waals surface area (Å²) in [5, 5.41) is 5.61. The maximum Gasteiger partial charge on any atom is 0.263 e. The summed E-state index contributed by atoms with van der Waals surface area (Å²) in [5.41, 5.74) is 1.92. The molecule has 0 heterocycles. The van der Waals surface area contributed by atoms with E-state index in [1.165, 1.54) is 18.2 Å². The van der Waals surface area contributed by atoms with Gasteiger partial charge in [0.25, 0.3) is 21.8 Å². The fraction of sp³-hybridized carbons (Fsp3) is 0.0714. The monoisotopic (exact) mass is 533 g/mol. The predicted octanol–water partition coefficient (Wildman–Crippen LogP) is 5.88. The Labute approximate surface area is 220 Å². The van der Waals surface area contributed by atoms with Gasteiger partial charge in [-0.1, -0.05) is 72.3 Å². The number of halogens is 1. The number of benzene rings is 4. The maximum absolute atomic E-state index is 13.1. The minimum absolute atomic E-state index is 0.0327. The summed E-state index contributed by atoms with van der Waals surface area (Å²) in [7, 11) is -4.06. The molecule has 0 spiro atoms. The largest absolute Gasteiger partial charge is 0.345 e. The van der Waals surface area contributed by atoms with E-state index in [9.17, 15) is 18.0 Å². The molecule has 0 aliphatic rings. The van der Waals surface area contributed by atoms with Crippen molar-refractivity contribution in [1.82, 2.24) is 5.32 Å². The highest BCUT2D eigenvalue weighted by molar-refractivity contribution is 7.92. The molecule has 37 heavy (non-hydrogen) atoms. The second-order valence-corrected chi connectivity index (χ2v) is 10.3. The summed E-state index contributed by atoms with van der Waals surface area (Å²) >= 11 is 6.17. The third kappa shape index (κ3) is 6.35. The summed E-state index contributed by atoms with van der Waals surface area (Å²) in [6, 6.07) is 28.1.